The van der Waals surface area contributed by atoms with Crippen LogP contribution >= 0.6 is 24.8 Å². The van der Waals surface area contributed by atoms with E-state index < -0.39 is 10.0 Å². The van der Waals surface area contributed by atoms with Gasteiger partial charge in [-0.1, -0.05) is 31.2 Å². The van der Waals surface area contributed by atoms with Crippen LogP contribution in [0.2, 0.25) is 0 Å². The van der Waals surface area contributed by atoms with E-state index in [1.165, 1.54) is 0 Å². The minimum atomic E-state index is -3.51. The maximum Gasteiger partial charge on any atom is 0.235 e. The molecule has 2 aliphatic heterocycles. The number of hydrogen-bond donors (Lipinski definition) is 3. The lowest BCUT2D eigenvalue weighted by Gasteiger charge is -2.33. The molecule has 1 atom stereocenters. The molecular weight excluding hydrogens is 557 g/mol. The monoisotopic (exact) mass is 595 g/mol. The summed E-state index contributed by atoms with van der Waals surface area (Å²) in [6, 6.07) is 12.9. The average molecular weight is 597 g/mol. The molecule has 2 aliphatic rings. The fourth-order valence-electron chi connectivity index (χ4n) is 5.18. The van der Waals surface area contributed by atoms with Gasteiger partial charge in [0.1, 0.15) is 17.7 Å². The minimum Gasteiger partial charge on any atom is -0.490 e. The summed E-state index contributed by atoms with van der Waals surface area (Å²) in [5, 5.41) is 15.6. The largest absolute Gasteiger partial charge is 0.490 e. The van der Waals surface area contributed by atoms with E-state index in [-0.39, 0.29) is 48.5 Å². The van der Waals surface area contributed by atoms with E-state index in [1.54, 1.807) is 17.3 Å². The smallest absolute Gasteiger partial charge is 0.235 e. The zero-order chi connectivity index (χ0) is 26.7. The fraction of sp³-hybridized carbons (Fsp3) is 0.429. The van der Waals surface area contributed by atoms with Crippen LogP contribution in [0.3, 0.4) is 0 Å². The second kappa shape index (κ2) is 13.5. The molecule has 1 fully saturated rings. The molecule has 4 N–H and O–H groups in total. The lowest BCUT2D eigenvalue weighted by molar-refractivity contribution is 0.130. The van der Waals surface area contributed by atoms with Gasteiger partial charge in [-0.15, -0.1) is 24.8 Å². The number of rotatable bonds is 8. The Labute approximate surface area is 244 Å². The van der Waals surface area contributed by atoms with E-state index >= 15 is 0 Å². The molecule has 0 radical (unpaired) electrons. The Morgan fingerprint density at radius 3 is 2.38 bits per heavy atom. The predicted molar refractivity (Wildman–Crippen MR) is 165 cm³/mol. The summed E-state index contributed by atoms with van der Waals surface area (Å²) in [6.45, 7) is 7.15. The fourth-order valence-corrected chi connectivity index (χ4v) is 6.54. The van der Waals surface area contributed by atoms with Crippen molar-refractivity contribution in [1.29, 1.82) is 10.8 Å². The zero-order valence-electron chi connectivity index (χ0n) is 22.6. The van der Waals surface area contributed by atoms with Gasteiger partial charge < -0.3 is 15.4 Å². The number of ether oxygens (including phenoxy) is 1. The van der Waals surface area contributed by atoms with Gasteiger partial charge in [-0.3, -0.25) is 15.1 Å². The topological polar surface area (TPSA) is 124 Å². The van der Waals surface area contributed by atoms with E-state index in [9.17, 15) is 8.42 Å². The van der Waals surface area contributed by atoms with E-state index in [0.717, 1.165) is 48.4 Å². The number of anilines is 1. The number of nitrogen functional groups attached to an aromatic ring is 1. The highest BCUT2D eigenvalue weighted by atomic mass is 35.5. The van der Waals surface area contributed by atoms with Gasteiger partial charge >= 0.3 is 0 Å². The first kappa shape index (κ1) is 32.5. The molecule has 1 saturated heterocycles. The third-order valence-electron chi connectivity index (χ3n) is 7.25. The number of halogens is 2. The number of nitrogens with two attached hydrogens (primary N) is 1. The van der Waals surface area contributed by atoms with E-state index in [0.29, 0.717) is 29.9 Å². The molecule has 39 heavy (non-hydrogen) atoms. The molecule has 0 amide bonds. The van der Waals surface area contributed by atoms with Gasteiger partial charge in [0.05, 0.1) is 23.3 Å². The maximum atomic E-state index is 13.3. The summed E-state index contributed by atoms with van der Waals surface area (Å²) >= 11 is 0. The average Bonchev–Trinajstić information content (AvgIpc) is 3.27. The zero-order valence-corrected chi connectivity index (χ0v) is 25.1. The molecule has 0 saturated carbocycles. The Balaban J connectivity index is 0.00000267. The van der Waals surface area contributed by atoms with Crippen LogP contribution in [0, 0.1) is 10.8 Å². The van der Waals surface area contributed by atoms with Crippen LogP contribution in [-0.2, 0) is 16.4 Å². The van der Waals surface area contributed by atoms with Gasteiger partial charge in [0.25, 0.3) is 0 Å². The first-order valence-corrected chi connectivity index (χ1v) is 14.5. The van der Waals surface area contributed by atoms with E-state index in [1.807, 2.05) is 56.3 Å². The molecular formula is C28H39Cl2N5O3S. The Bertz CT molecular complexity index is 1320. The second-order valence-corrected chi connectivity index (χ2v) is 11.8. The van der Waals surface area contributed by atoms with Crippen molar-refractivity contribution in [1.82, 2.24) is 4.90 Å². The normalized spacial score (nSPS) is 17.6. The maximum absolute atomic E-state index is 13.3. The summed E-state index contributed by atoms with van der Waals surface area (Å²) in [6.07, 6.45) is 5.08. The quantitative estimate of drug-likeness (QED) is 0.285. The molecule has 0 aromatic heterocycles. The Kier molecular flexibility index (Phi) is 11.3. The van der Waals surface area contributed by atoms with Crippen molar-refractivity contribution in [2.45, 2.75) is 58.6 Å². The third-order valence-corrected chi connectivity index (χ3v) is 9.03. The van der Waals surface area contributed by atoms with Gasteiger partial charge in [0.2, 0.25) is 10.0 Å². The number of sulfonamides is 1. The molecule has 4 rings (SSSR count). The van der Waals surface area contributed by atoms with Crippen molar-refractivity contribution in [2.75, 3.05) is 23.1 Å². The van der Waals surface area contributed by atoms with Gasteiger partial charge in [0.15, 0.2) is 0 Å². The summed E-state index contributed by atoms with van der Waals surface area (Å²) < 4.78 is 34.4. The third kappa shape index (κ3) is 7.26. The minimum absolute atomic E-state index is 0. The van der Waals surface area contributed by atoms with Crippen LogP contribution in [0.25, 0.3) is 6.08 Å². The summed E-state index contributed by atoms with van der Waals surface area (Å²) in [5.74, 6) is 1.37. The standard InChI is InChI=1S/C28H37N5O3S.2ClH/c1-4-21(15-20-7-6-8-22(16-20)28(30)31)27-18-23-17-25(9-10-26(23)33(27)37(34,35)5-2)36-24-11-13-32(14-12-24)19(3)29;;/h6-10,15-17,24,27,29H,4-5,11-14,18H2,1-3H3,(H3,30,31);2*1H/b21-15+,29-19?;;. The molecule has 2 heterocycles. The van der Waals surface area contributed by atoms with Crippen LogP contribution in [-0.4, -0.2) is 56.0 Å². The van der Waals surface area contributed by atoms with Crippen LogP contribution in [0.4, 0.5) is 5.69 Å². The summed E-state index contributed by atoms with van der Waals surface area (Å²) in [7, 11) is -3.51. The number of benzene rings is 2. The van der Waals surface area contributed by atoms with Gasteiger partial charge in [-0.25, -0.2) is 8.42 Å². The van der Waals surface area contributed by atoms with Crippen LogP contribution in [0.5, 0.6) is 5.75 Å². The number of nitrogens with zero attached hydrogens (tertiary/aromatic N) is 2. The first-order valence-electron chi connectivity index (χ1n) is 12.9. The second-order valence-electron chi connectivity index (χ2n) is 9.71. The molecule has 214 valence electrons. The summed E-state index contributed by atoms with van der Waals surface area (Å²) in [4.78, 5) is 2.06. The summed E-state index contributed by atoms with van der Waals surface area (Å²) in [5.41, 5.74) is 9.89. The first-order chi connectivity index (χ1) is 17.6. The van der Waals surface area contributed by atoms with Gasteiger partial charge in [-0.2, -0.15) is 0 Å². The Morgan fingerprint density at radius 1 is 1.10 bits per heavy atom. The number of piperidine rings is 1. The molecule has 1 unspecified atom stereocenters. The highest BCUT2D eigenvalue weighted by Gasteiger charge is 2.38. The van der Waals surface area contributed by atoms with E-state index in [2.05, 4.69) is 4.90 Å². The number of fused-ring (bicyclic) bond motifs is 1. The number of amidine groups is 2. The SMILES string of the molecule is CC/C(=C\c1cccc(C(=N)N)c1)C1Cc2cc(OC3CCN(C(C)=N)CC3)ccc2N1S(=O)(=O)CC.Cl.Cl. The van der Waals surface area contributed by atoms with Crippen LogP contribution in [0.15, 0.2) is 48.0 Å². The van der Waals surface area contributed by atoms with Crippen molar-refractivity contribution in [2.24, 2.45) is 5.73 Å². The van der Waals surface area contributed by atoms with Gasteiger partial charge in [0, 0.05) is 31.5 Å². The highest BCUT2D eigenvalue weighted by molar-refractivity contribution is 7.92. The molecule has 8 nitrogen and oxygen atoms in total. The van der Waals surface area contributed by atoms with Crippen molar-refractivity contribution < 1.29 is 13.2 Å². The van der Waals surface area contributed by atoms with Crippen molar-refractivity contribution in [3.63, 3.8) is 0 Å². The van der Waals surface area contributed by atoms with E-state index in [4.69, 9.17) is 21.3 Å². The molecule has 0 spiro atoms. The van der Waals surface area contributed by atoms with Crippen molar-refractivity contribution >= 4 is 58.3 Å². The van der Waals surface area contributed by atoms with Gasteiger partial charge in [-0.05, 0) is 67.7 Å². The number of hydrogen-bond acceptors (Lipinski definition) is 5. The van der Waals surface area contributed by atoms with Crippen LogP contribution in [0.1, 0.15) is 56.7 Å². The number of likely N-dealkylation sites (tertiary alicyclic amines) is 1. The number of nitrogens with one attached hydrogen (secondary N) is 2. The predicted octanol–water partition coefficient (Wildman–Crippen LogP) is 5.23. The lowest BCUT2D eigenvalue weighted by atomic mass is 9.97. The lowest BCUT2D eigenvalue weighted by Crippen LogP contribution is -2.40. The molecule has 2 aromatic rings. The Hall–Kier alpha value is -2.75. The van der Waals surface area contributed by atoms with Crippen LogP contribution < -0.4 is 14.8 Å². The molecule has 2 aromatic carbocycles. The molecule has 11 heteroatoms. The molecule has 0 aliphatic carbocycles. The Morgan fingerprint density at radius 2 is 1.79 bits per heavy atom. The molecule has 0 bridgehead atoms. The highest BCUT2D eigenvalue weighted by Crippen LogP contribution is 2.41. The van der Waals surface area contributed by atoms with Crippen molar-refractivity contribution in [3.8, 4) is 5.75 Å². The van der Waals surface area contributed by atoms with Crippen molar-refractivity contribution in [3.05, 3.63) is 64.7 Å².